The molecule has 0 atom stereocenters. The van der Waals surface area contributed by atoms with Crippen molar-refractivity contribution in [2.75, 3.05) is 13.7 Å². The number of unbranched alkanes of at least 4 members (excludes halogenated alkanes) is 13. The van der Waals surface area contributed by atoms with E-state index < -0.39 is 11.9 Å². The molecule has 0 N–H and O–H groups in total. The molecule has 0 heterocycles. The maximum absolute atomic E-state index is 12.6. The molecule has 0 saturated carbocycles. The molecular formula is C40H52O6. The van der Waals surface area contributed by atoms with E-state index in [-0.39, 0.29) is 6.61 Å². The molecular weight excluding hydrogens is 576 g/mol. The zero-order valence-electron chi connectivity index (χ0n) is 27.8. The summed E-state index contributed by atoms with van der Waals surface area (Å²) in [6, 6.07) is 21.3. The van der Waals surface area contributed by atoms with E-state index in [0.717, 1.165) is 29.0 Å². The van der Waals surface area contributed by atoms with Gasteiger partial charge in [0.25, 0.3) is 0 Å². The number of hydrogen-bond acceptors (Lipinski definition) is 6. The highest BCUT2D eigenvalue weighted by Crippen LogP contribution is 2.19. The van der Waals surface area contributed by atoms with E-state index in [2.05, 4.69) is 6.92 Å². The minimum absolute atomic E-state index is 0.175. The lowest BCUT2D eigenvalue weighted by Gasteiger charge is -2.08. The van der Waals surface area contributed by atoms with Crippen molar-refractivity contribution in [1.82, 2.24) is 0 Å². The van der Waals surface area contributed by atoms with Crippen LogP contribution in [0.3, 0.4) is 0 Å². The number of hydrogen-bond donors (Lipinski definition) is 0. The zero-order valence-corrected chi connectivity index (χ0v) is 27.8. The molecule has 0 radical (unpaired) electrons. The number of carbonyl (C=O) groups excluding carboxylic acids is 2. The van der Waals surface area contributed by atoms with Gasteiger partial charge >= 0.3 is 11.9 Å². The quantitative estimate of drug-likeness (QED) is 0.0450. The summed E-state index contributed by atoms with van der Waals surface area (Å²) in [6.07, 6.45) is 21.7. The fourth-order valence-corrected chi connectivity index (χ4v) is 5.08. The summed E-state index contributed by atoms with van der Waals surface area (Å²) in [5.41, 5.74) is 2.10. The number of rotatable bonds is 23. The number of ether oxygens (including phenoxy) is 4. The van der Waals surface area contributed by atoms with Gasteiger partial charge in [-0.15, -0.1) is 0 Å². The van der Waals surface area contributed by atoms with Crippen molar-refractivity contribution in [3.05, 3.63) is 95.6 Å². The van der Waals surface area contributed by atoms with E-state index in [9.17, 15) is 9.59 Å². The normalized spacial score (nSPS) is 11.0. The van der Waals surface area contributed by atoms with E-state index in [0.29, 0.717) is 17.9 Å². The fraction of sp³-hybridized carbons (Fsp3) is 0.450. The van der Waals surface area contributed by atoms with Gasteiger partial charge in [-0.05, 0) is 72.2 Å². The minimum atomic E-state index is -0.446. The van der Waals surface area contributed by atoms with Crippen LogP contribution in [0.5, 0.6) is 17.2 Å². The Bertz CT molecular complexity index is 1280. The van der Waals surface area contributed by atoms with Crippen LogP contribution in [0.25, 0.3) is 6.08 Å². The van der Waals surface area contributed by atoms with Crippen LogP contribution in [0.2, 0.25) is 0 Å². The summed E-state index contributed by atoms with van der Waals surface area (Å²) >= 11 is 0. The lowest BCUT2D eigenvalue weighted by Crippen LogP contribution is -2.08. The molecule has 6 nitrogen and oxygen atoms in total. The van der Waals surface area contributed by atoms with Crippen molar-refractivity contribution in [2.45, 2.75) is 103 Å². The molecule has 0 unspecified atom stereocenters. The second-order valence-electron chi connectivity index (χ2n) is 11.7. The minimum Gasteiger partial charge on any atom is -0.497 e. The molecule has 46 heavy (non-hydrogen) atoms. The number of carbonyl (C=O) groups is 2. The molecule has 0 aliphatic heterocycles. The molecule has 0 aliphatic rings. The maximum atomic E-state index is 12.6. The number of esters is 2. The van der Waals surface area contributed by atoms with Crippen LogP contribution in [-0.2, 0) is 16.1 Å². The number of benzene rings is 3. The zero-order chi connectivity index (χ0) is 32.7. The predicted molar refractivity (Wildman–Crippen MR) is 185 cm³/mol. The van der Waals surface area contributed by atoms with Crippen LogP contribution in [0.1, 0.15) is 118 Å². The van der Waals surface area contributed by atoms with Gasteiger partial charge in [0.15, 0.2) is 0 Å². The van der Waals surface area contributed by atoms with Gasteiger partial charge in [-0.2, -0.15) is 0 Å². The SMILES string of the molecule is CCCCCCCCCCCCCCCCOc1ccc(C(=O)Oc2ccc(/C=C/C(=O)OCc3ccc(OC)cc3)cc2)cc1. The summed E-state index contributed by atoms with van der Waals surface area (Å²) in [7, 11) is 1.60. The molecule has 0 bridgehead atoms. The molecule has 3 aromatic rings. The van der Waals surface area contributed by atoms with Gasteiger partial charge in [0.2, 0.25) is 0 Å². The van der Waals surface area contributed by atoms with Crippen molar-refractivity contribution in [3.63, 3.8) is 0 Å². The highest BCUT2D eigenvalue weighted by atomic mass is 16.5. The molecule has 0 aromatic heterocycles. The molecule has 0 spiro atoms. The Balaban J connectivity index is 1.24. The first kappa shape index (κ1) is 36.4. The highest BCUT2D eigenvalue weighted by Gasteiger charge is 2.09. The van der Waals surface area contributed by atoms with Crippen LogP contribution in [0.4, 0.5) is 0 Å². The second kappa shape index (κ2) is 22.4. The topological polar surface area (TPSA) is 71.1 Å². The van der Waals surface area contributed by atoms with Gasteiger partial charge in [0.1, 0.15) is 23.9 Å². The molecule has 0 fully saturated rings. The first-order chi connectivity index (χ1) is 22.6. The summed E-state index contributed by atoms with van der Waals surface area (Å²) in [4.78, 5) is 24.7. The Hall–Kier alpha value is -4.06. The van der Waals surface area contributed by atoms with Gasteiger partial charge < -0.3 is 18.9 Å². The molecule has 3 aromatic carbocycles. The predicted octanol–water partition coefficient (Wildman–Crippen LogP) is 10.5. The molecule has 6 heteroatoms. The lowest BCUT2D eigenvalue weighted by molar-refractivity contribution is -0.138. The average Bonchev–Trinajstić information content (AvgIpc) is 3.09. The molecule has 0 saturated heterocycles. The van der Waals surface area contributed by atoms with Gasteiger partial charge in [-0.1, -0.05) is 115 Å². The molecule has 0 aliphatic carbocycles. The summed E-state index contributed by atoms with van der Waals surface area (Å²) in [5, 5.41) is 0. The largest absolute Gasteiger partial charge is 0.497 e. The highest BCUT2D eigenvalue weighted by molar-refractivity contribution is 5.91. The van der Waals surface area contributed by atoms with Crippen molar-refractivity contribution < 1.29 is 28.5 Å². The van der Waals surface area contributed by atoms with Crippen LogP contribution >= 0.6 is 0 Å². The summed E-state index contributed by atoms with van der Waals surface area (Å²) in [5.74, 6) is 1.03. The standard InChI is InChI=1S/C40H52O6/c1-3-4-5-6-7-8-9-10-11-12-13-14-15-16-31-44-37-28-22-35(23-29-37)40(42)46-38-26-17-33(18-27-38)21-30-39(41)45-32-34-19-24-36(43-2)25-20-34/h17-30H,3-16,31-32H2,1-2H3/b30-21+. The molecule has 248 valence electrons. The van der Waals surface area contributed by atoms with Crippen molar-refractivity contribution in [1.29, 1.82) is 0 Å². The third-order valence-corrected chi connectivity index (χ3v) is 7.90. The second-order valence-corrected chi connectivity index (χ2v) is 11.7. The Morgan fingerprint density at radius 1 is 0.609 bits per heavy atom. The number of methoxy groups -OCH3 is 1. The van der Waals surface area contributed by atoms with Crippen molar-refractivity contribution in [2.24, 2.45) is 0 Å². The third kappa shape index (κ3) is 15.3. The Labute approximate surface area is 276 Å². The monoisotopic (exact) mass is 628 g/mol. The van der Waals surface area contributed by atoms with Crippen LogP contribution < -0.4 is 14.2 Å². The molecule has 0 amide bonds. The van der Waals surface area contributed by atoms with E-state index in [1.165, 1.54) is 89.5 Å². The third-order valence-electron chi connectivity index (χ3n) is 7.90. The molecule has 3 rings (SSSR count). The Kier molecular flexibility index (Phi) is 17.8. The van der Waals surface area contributed by atoms with Crippen LogP contribution in [-0.4, -0.2) is 25.7 Å². The van der Waals surface area contributed by atoms with Crippen LogP contribution in [0, 0.1) is 0 Å². The van der Waals surface area contributed by atoms with Gasteiger partial charge in [-0.3, -0.25) is 0 Å². The fourth-order valence-electron chi connectivity index (χ4n) is 5.08. The first-order valence-corrected chi connectivity index (χ1v) is 17.1. The van der Waals surface area contributed by atoms with Crippen LogP contribution in [0.15, 0.2) is 78.9 Å². The van der Waals surface area contributed by atoms with E-state index >= 15 is 0 Å². The van der Waals surface area contributed by atoms with Crippen molar-refractivity contribution >= 4 is 18.0 Å². The van der Waals surface area contributed by atoms with Gasteiger partial charge in [0, 0.05) is 6.08 Å². The lowest BCUT2D eigenvalue weighted by atomic mass is 10.0. The van der Waals surface area contributed by atoms with E-state index in [1.54, 1.807) is 49.6 Å². The van der Waals surface area contributed by atoms with Crippen molar-refractivity contribution in [3.8, 4) is 17.2 Å². The first-order valence-electron chi connectivity index (χ1n) is 17.1. The van der Waals surface area contributed by atoms with Gasteiger partial charge in [0.05, 0.1) is 19.3 Å². The van der Waals surface area contributed by atoms with E-state index in [4.69, 9.17) is 18.9 Å². The van der Waals surface area contributed by atoms with E-state index in [1.807, 2.05) is 36.4 Å². The summed E-state index contributed by atoms with van der Waals surface area (Å²) < 4.78 is 21.8. The average molecular weight is 629 g/mol. The Morgan fingerprint density at radius 3 is 1.70 bits per heavy atom. The summed E-state index contributed by atoms with van der Waals surface area (Å²) in [6.45, 7) is 3.13. The smallest absolute Gasteiger partial charge is 0.343 e. The maximum Gasteiger partial charge on any atom is 0.343 e. The Morgan fingerprint density at radius 2 is 1.13 bits per heavy atom. The van der Waals surface area contributed by atoms with Gasteiger partial charge in [-0.25, -0.2) is 9.59 Å².